The molecule has 38 heavy (non-hydrogen) atoms. The molecule has 0 bridgehead atoms. The standard InChI is InChI=1S/C28H33FN6O3/c1-17-12-22(29)24(35-27(38)32-9-7-28(3)5-6-28)16-21(17)20-13-23(34-26(15-20)31-10-11-36)19-4-8-30-25(14-19)33-18(2)37/h4,8,12-16,36H,5-7,9-11H2,1-3H3,(H,31,34)(H,30,33,37)(H2,32,35,38). The van der Waals surface area contributed by atoms with Crippen LogP contribution in [0.2, 0.25) is 0 Å². The van der Waals surface area contributed by atoms with E-state index in [-0.39, 0.29) is 24.7 Å². The molecule has 9 nitrogen and oxygen atoms in total. The first kappa shape index (κ1) is 27.0. The van der Waals surface area contributed by atoms with Crippen molar-refractivity contribution in [2.75, 3.05) is 35.6 Å². The quantitative estimate of drug-likeness (QED) is 0.258. The van der Waals surface area contributed by atoms with Crippen LogP contribution in [0.25, 0.3) is 22.4 Å². The van der Waals surface area contributed by atoms with Crippen molar-refractivity contribution in [3.05, 3.63) is 54.0 Å². The van der Waals surface area contributed by atoms with Gasteiger partial charge in [0, 0.05) is 31.8 Å². The minimum atomic E-state index is -0.530. The fourth-order valence-electron chi connectivity index (χ4n) is 4.13. The number of carbonyl (C=O) groups is 2. The largest absolute Gasteiger partial charge is 0.395 e. The molecule has 1 saturated carbocycles. The minimum absolute atomic E-state index is 0.0702. The van der Waals surface area contributed by atoms with Crippen LogP contribution >= 0.6 is 0 Å². The van der Waals surface area contributed by atoms with E-state index in [0.29, 0.717) is 46.0 Å². The Balaban J connectivity index is 1.64. The number of nitrogens with one attached hydrogen (secondary N) is 4. The van der Waals surface area contributed by atoms with Gasteiger partial charge in [0.1, 0.15) is 17.5 Å². The molecule has 0 atom stereocenters. The lowest BCUT2D eigenvalue weighted by molar-refractivity contribution is -0.114. The van der Waals surface area contributed by atoms with Crippen LogP contribution in [0.4, 0.5) is 26.5 Å². The van der Waals surface area contributed by atoms with Gasteiger partial charge in [-0.1, -0.05) is 6.92 Å². The molecule has 0 aliphatic heterocycles. The summed E-state index contributed by atoms with van der Waals surface area (Å²) < 4.78 is 14.8. The van der Waals surface area contributed by atoms with Crippen molar-refractivity contribution in [1.82, 2.24) is 15.3 Å². The van der Waals surface area contributed by atoms with Crippen LogP contribution in [0.5, 0.6) is 0 Å². The summed E-state index contributed by atoms with van der Waals surface area (Å²) in [6.07, 6.45) is 4.81. The van der Waals surface area contributed by atoms with Gasteiger partial charge in [-0.3, -0.25) is 4.79 Å². The van der Waals surface area contributed by atoms with Crippen molar-refractivity contribution >= 4 is 29.3 Å². The van der Waals surface area contributed by atoms with Gasteiger partial charge in [0.15, 0.2) is 0 Å². The number of aliphatic hydroxyl groups excluding tert-OH is 1. The summed E-state index contributed by atoms with van der Waals surface area (Å²) in [7, 11) is 0. The van der Waals surface area contributed by atoms with Gasteiger partial charge in [-0.15, -0.1) is 0 Å². The van der Waals surface area contributed by atoms with Crippen LogP contribution in [0.1, 0.15) is 38.7 Å². The molecule has 0 spiro atoms. The number of nitrogens with zero attached hydrogens (tertiary/aromatic N) is 2. The number of anilines is 3. The maximum atomic E-state index is 14.8. The molecular formula is C28H33FN6O3. The zero-order valence-corrected chi connectivity index (χ0v) is 21.8. The maximum absolute atomic E-state index is 14.8. The molecule has 2 heterocycles. The summed E-state index contributed by atoms with van der Waals surface area (Å²) in [6.45, 7) is 6.13. The molecule has 0 unspecified atom stereocenters. The summed E-state index contributed by atoms with van der Waals surface area (Å²) in [4.78, 5) is 32.7. The molecule has 4 rings (SSSR count). The first-order valence-corrected chi connectivity index (χ1v) is 12.6. The topological polar surface area (TPSA) is 128 Å². The molecule has 5 N–H and O–H groups in total. The Kier molecular flexibility index (Phi) is 8.21. The summed E-state index contributed by atoms with van der Waals surface area (Å²) in [6, 6.07) is 9.66. The van der Waals surface area contributed by atoms with Crippen LogP contribution < -0.4 is 21.3 Å². The molecule has 10 heteroatoms. The average Bonchev–Trinajstić information content (AvgIpc) is 3.60. The van der Waals surface area contributed by atoms with Crippen LogP contribution in [0, 0.1) is 18.2 Å². The van der Waals surface area contributed by atoms with E-state index in [2.05, 4.69) is 38.2 Å². The maximum Gasteiger partial charge on any atom is 0.319 e. The van der Waals surface area contributed by atoms with Crippen LogP contribution in [-0.2, 0) is 4.79 Å². The molecule has 1 fully saturated rings. The lowest BCUT2D eigenvalue weighted by Gasteiger charge is -2.15. The molecular weight excluding hydrogens is 487 g/mol. The highest BCUT2D eigenvalue weighted by Crippen LogP contribution is 2.47. The first-order valence-electron chi connectivity index (χ1n) is 12.6. The lowest BCUT2D eigenvalue weighted by atomic mass is 9.98. The summed E-state index contributed by atoms with van der Waals surface area (Å²) in [5.41, 5.74) is 3.79. The third-order valence-corrected chi connectivity index (χ3v) is 6.59. The average molecular weight is 521 g/mol. The highest BCUT2D eigenvalue weighted by Gasteiger charge is 2.36. The fourth-order valence-corrected chi connectivity index (χ4v) is 4.13. The van der Waals surface area contributed by atoms with E-state index < -0.39 is 11.8 Å². The van der Waals surface area contributed by atoms with Crippen LogP contribution in [0.15, 0.2) is 42.6 Å². The number of urea groups is 1. The van der Waals surface area contributed by atoms with E-state index in [1.807, 2.05) is 6.07 Å². The second-order valence-electron chi connectivity index (χ2n) is 9.98. The van der Waals surface area contributed by atoms with E-state index in [9.17, 15) is 19.1 Å². The van der Waals surface area contributed by atoms with E-state index >= 15 is 0 Å². The zero-order valence-electron chi connectivity index (χ0n) is 21.8. The lowest BCUT2D eigenvalue weighted by Crippen LogP contribution is -2.30. The Labute approximate surface area is 221 Å². The Morgan fingerprint density at radius 3 is 2.53 bits per heavy atom. The van der Waals surface area contributed by atoms with Gasteiger partial charge in [-0.25, -0.2) is 19.2 Å². The van der Waals surface area contributed by atoms with Crippen molar-refractivity contribution in [3.8, 4) is 22.4 Å². The molecule has 0 saturated heterocycles. The second kappa shape index (κ2) is 11.6. The zero-order chi connectivity index (χ0) is 27.3. The second-order valence-corrected chi connectivity index (χ2v) is 9.98. The fraction of sp³-hybridized carbons (Fsp3) is 0.357. The molecule has 3 amide bonds. The van der Waals surface area contributed by atoms with E-state index in [1.165, 1.54) is 25.8 Å². The number of aryl methyl sites for hydroxylation is 1. The van der Waals surface area contributed by atoms with Gasteiger partial charge >= 0.3 is 6.03 Å². The van der Waals surface area contributed by atoms with Gasteiger partial charge in [-0.2, -0.15) is 0 Å². The third kappa shape index (κ3) is 7.04. The molecule has 1 aromatic carbocycles. The monoisotopic (exact) mass is 520 g/mol. The minimum Gasteiger partial charge on any atom is -0.395 e. The van der Waals surface area contributed by atoms with E-state index in [1.54, 1.807) is 37.4 Å². The molecule has 1 aliphatic rings. The van der Waals surface area contributed by atoms with Gasteiger partial charge in [-0.05, 0) is 84.7 Å². The van der Waals surface area contributed by atoms with Gasteiger partial charge in [0.25, 0.3) is 0 Å². The normalized spacial score (nSPS) is 13.5. The predicted molar refractivity (Wildman–Crippen MR) is 146 cm³/mol. The third-order valence-electron chi connectivity index (χ3n) is 6.59. The number of pyridine rings is 2. The van der Waals surface area contributed by atoms with Crippen molar-refractivity contribution in [2.24, 2.45) is 5.41 Å². The number of aromatic nitrogens is 2. The highest BCUT2D eigenvalue weighted by molar-refractivity contribution is 5.91. The van der Waals surface area contributed by atoms with Crippen LogP contribution in [0.3, 0.4) is 0 Å². The van der Waals surface area contributed by atoms with Crippen molar-refractivity contribution in [2.45, 2.75) is 40.0 Å². The predicted octanol–water partition coefficient (Wildman–Crippen LogP) is 4.93. The number of rotatable bonds is 10. The summed E-state index contributed by atoms with van der Waals surface area (Å²) >= 11 is 0. The Morgan fingerprint density at radius 2 is 1.82 bits per heavy atom. The number of carbonyl (C=O) groups excluding carboxylic acids is 2. The number of amides is 3. The summed E-state index contributed by atoms with van der Waals surface area (Å²) in [5, 5.41) is 20.5. The SMILES string of the molecule is CC(=O)Nc1cc(-c2cc(-c3cc(NC(=O)NCCC4(C)CC4)c(F)cc3C)cc(NCCO)n2)ccn1. The number of hydrogen-bond acceptors (Lipinski definition) is 6. The van der Waals surface area contributed by atoms with Gasteiger partial charge in [0.2, 0.25) is 5.91 Å². The smallest absolute Gasteiger partial charge is 0.319 e. The summed E-state index contributed by atoms with van der Waals surface area (Å²) in [5.74, 6) is 0.124. The Bertz CT molecular complexity index is 1340. The highest BCUT2D eigenvalue weighted by atomic mass is 19.1. The molecule has 200 valence electrons. The molecule has 3 aromatic rings. The first-order chi connectivity index (χ1) is 18.2. The van der Waals surface area contributed by atoms with Crippen molar-refractivity contribution < 1.29 is 19.1 Å². The number of benzene rings is 1. The van der Waals surface area contributed by atoms with Crippen molar-refractivity contribution in [3.63, 3.8) is 0 Å². The number of aliphatic hydroxyl groups is 1. The van der Waals surface area contributed by atoms with E-state index in [4.69, 9.17) is 0 Å². The van der Waals surface area contributed by atoms with Gasteiger partial charge in [0.05, 0.1) is 18.0 Å². The van der Waals surface area contributed by atoms with Gasteiger partial charge < -0.3 is 26.4 Å². The Hall–Kier alpha value is -4.05. The molecule has 0 radical (unpaired) electrons. The Morgan fingerprint density at radius 1 is 1.05 bits per heavy atom. The molecule has 2 aromatic heterocycles. The molecule has 1 aliphatic carbocycles. The number of hydrogen-bond donors (Lipinski definition) is 5. The number of halogens is 1. The van der Waals surface area contributed by atoms with Crippen LogP contribution in [-0.4, -0.2) is 46.7 Å². The van der Waals surface area contributed by atoms with E-state index in [0.717, 1.165) is 12.0 Å². The van der Waals surface area contributed by atoms with Crippen molar-refractivity contribution in [1.29, 1.82) is 0 Å².